The zero-order valence-corrected chi connectivity index (χ0v) is 17.1. The molecule has 1 aliphatic rings. The maximum Gasteiger partial charge on any atom is 0.307 e. The van der Waals surface area contributed by atoms with Gasteiger partial charge < -0.3 is 9.59 Å². The fourth-order valence-corrected chi connectivity index (χ4v) is 4.33. The number of piperidine rings is 1. The number of hydrogen-bond donors (Lipinski definition) is 2. The minimum Gasteiger partial charge on any atom is -0.481 e. The average Bonchev–Trinajstić information content (AvgIpc) is 3.19. The summed E-state index contributed by atoms with van der Waals surface area (Å²) in [6, 6.07) is 8.71. The van der Waals surface area contributed by atoms with E-state index >= 15 is 0 Å². The van der Waals surface area contributed by atoms with Gasteiger partial charge in [-0.2, -0.15) is 5.21 Å². The number of aromatic amines is 1. The molecule has 1 fully saturated rings. The number of quaternary nitrogens is 1. The average molecular weight is 387 g/mol. The van der Waals surface area contributed by atoms with Crippen LogP contribution in [0.2, 0.25) is 0 Å². The van der Waals surface area contributed by atoms with Gasteiger partial charge in [0, 0.05) is 18.8 Å². The Hall–Kier alpha value is -2.28. The summed E-state index contributed by atoms with van der Waals surface area (Å²) < 4.78 is 1.11. The molecule has 2 unspecified atom stereocenters. The largest absolute Gasteiger partial charge is 0.481 e. The molecule has 1 aromatic carbocycles. The zero-order valence-electron chi connectivity index (χ0n) is 17.1. The Balaban J connectivity index is 1.73. The van der Waals surface area contributed by atoms with Crippen molar-refractivity contribution in [2.75, 3.05) is 27.2 Å². The molecular weight excluding hydrogens is 354 g/mol. The van der Waals surface area contributed by atoms with Crippen LogP contribution in [0.3, 0.4) is 0 Å². The zero-order chi connectivity index (χ0) is 20.1. The molecule has 152 valence electrons. The van der Waals surface area contributed by atoms with E-state index in [4.69, 9.17) is 0 Å². The summed E-state index contributed by atoms with van der Waals surface area (Å²) >= 11 is 0. The molecule has 0 bridgehead atoms. The molecule has 0 radical (unpaired) electrons. The Bertz CT molecular complexity index is 748. The summed E-state index contributed by atoms with van der Waals surface area (Å²) in [5, 5.41) is 24.0. The Labute approximate surface area is 166 Å². The van der Waals surface area contributed by atoms with Gasteiger partial charge in [0.2, 0.25) is 0 Å². The molecule has 0 aliphatic carbocycles. The molecule has 3 rings (SSSR count). The number of carboxylic acids is 1. The Morgan fingerprint density at radius 3 is 2.46 bits per heavy atom. The fourth-order valence-electron chi connectivity index (χ4n) is 4.33. The number of benzene rings is 1. The van der Waals surface area contributed by atoms with Gasteiger partial charge in [-0.15, -0.1) is 10.2 Å². The van der Waals surface area contributed by atoms with Crippen molar-refractivity contribution in [3.8, 4) is 0 Å². The van der Waals surface area contributed by atoms with Gasteiger partial charge in [-0.25, -0.2) is 0 Å². The van der Waals surface area contributed by atoms with Crippen molar-refractivity contribution in [2.24, 2.45) is 5.92 Å². The molecule has 7 heteroatoms. The lowest BCUT2D eigenvalue weighted by Gasteiger charge is -2.37. The van der Waals surface area contributed by atoms with E-state index in [1.165, 1.54) is 31.5 Å². The van der Waals surface area contributed by atoms with Gasteiger partial charge in [-0.05, 0) is 29.9 Å². The molecule has 0 spiro atoms. The van der Waals surface area contributed by atoms with Crippen LogP contribution in [0, 0.1) is 5.92 Å². The molecule has 7 nitrogen and oxygen atoms in total. The number of aromatic nitrogens is 4. The predicted molar refractivity (Wildman–Crippen MR) is 107 cm³/mol. The standard InChI is InChI=1S/C21H31N5O2/c1-4-5-18(21(27)28)19(20-22-24-25-23-20)14-15-6-8-16(9-7-15)17-10-12-26(2,3)13-11-17/h6-9,17-19H,4-5,10-14H2,1-3H3,(H-,22,23,24,25,27,28)/p+1. The molecule has 0 saturated carbocycles. The number of carboxylic acid groups (broad SMARTS) is 1. The second-order valence-electron chi connectivity index (χ2n) is 8.71. The highest BCUT2D eigenvalue weighted by Crippen LogP contribution is 2.32. The predicted octanol–water partition coefficient (Wildman–Crippen LogP) is 2.98. The second kappa shape index (κ2) is 8.82. The van der Waals surface area contributed by atoms with Crippen LogP contribution in [0.4, 0.5) is 0 Å². The molecule has 0 amide bonds. The molecule has 1 saturated heterocycles. The number of H-pyrrole nitrogens is 1. The third-order valence-corrected chi connectivity index (χ3v) is 6.17. The van der Waals surface area contributed by atoms with Crippen LogP contribution < -0.4 is 0 Å². The van der Waals surface area contributed by atoms with Crippen LogP contribution >= 0.6 is 0 Å². The van der Waals surface area contributed by atoms with Crippen molar-refractivity contribution in [1.82, 2.24) is 20.6 Å². The molecule has 28 heavy (non-hydrogen) atoms. The van der Waals surface area contributed by atoms with Crippen molar-refractivity contribution < 1.29 is 14.4 Å². The summed E-state index contributed by atoms with van der Waals surface area (Å²) in [6.07, 6.45) is 4.44. The van der Waals surface area contributed by atoms with E-state index in [0.29, 0.717) is 24.6 Å². The lowest BCUT2D eigenvalue weighted by atomic mass is 9.82. The van der Waals surface area contributed by atoms with Gasteiger partial charge in [0.1, 0.15) is 0 Å². The monoisotopic (exact) mass is 386 g/mol. The number of hydrogen-bond acceptors (Lipinski definition) is 4. The Morgan fingerprint density at radius 2 is 1.93 bits per heavy atom. The molecule has 2 N–H and O–H groups in total. The first kappa shape index (κ1) is 20.5. The van der Waals surface area contributed by atoms with E-state index in [9.17, 15) is 9.90 Å². The van der Waals surface area contributed by atoms with Crippen LogP contribution in [0.5, 0.6) is 0 Å². The molecule has 1 aliphatic heterocycles. The number of carbonyl (C=O) groups is 1. The van der Waals surface area contributed by atoms with Gasteiger partial charge in [0.05, 0.1) is 33.1 Å². The Morgan fingerprint density at radius 1 is 1.25 bits per heavy atom. The maximum absolute atomic E-state index is 11.8. The second-order valence-corrected chi connectivity index (χ2v) is 8.71. The maximum atomic E-state index is 11.8. The van der Waals surface area contributed by atoms with Crippen molar-refractivity contribution in [3.05, 3.63) is 41.2 Å². The van der Waals surface area contributed by atoms with Crippen LogP contribution in [0.15, 0.2) is 24.3 Å². The summed E-state index contributed by atoms with van der Waals surface area (Å²) in [5.74, 6) is -0.482. The van der Waals surface area contributed by atoms with Crippen LogP contribution in [-0.4, -0.2) is 63.4 Å². The summed E-state index contributed by atoms with van der Waals surface area (Å²) in [6.45, 7) is 4.43. The molecule has 1 aromatic heterocycles. The van der Waals surface area contributed by atoms with E-state index in [2.05, 4.69) is 59.0 Å². The van der Waals surface area contributed by atoms with Crippen LogP contribution in [0.25, 0.3) is 0 Å². The molecular formula is C21H32N5O2+. The minimum absolute atomic E-state index is 0.283. The van der Waals surface area contributed by atoms with E-state index in [0.717, 1.165) is 16.5 Å². The van der Waals surface area contributed by atoms with Gasteiger partial charge in [-0.1, -0.05) is 42.8 Å². The molecule has 2 aromatic rings. The lowest BCUT2D eigenvalue weighted by molar-refractivity contribution is -0.895. The summed E-state index contributed by atoms with van der Waals surface area (Å²) in [5.41, 5.74) is 2.51. The first-order chi connectivity index (χ1) is 13.4. The highest BCUT2D eigenvalue weighted by Gasteiger charge is 2.32. The SMILES string of the molecule is CCCC(C(=O)O)C(Cc1ccc(C2CC[N+](C)(C)CC2)cc1)c1nn[nH]n1. The summed E-state index contributed by atoms with van der Waals surface area (Å²) in [7, 11) is 4.60. The molecule has 2 heterocycles. The van der Waals surface area contributed by atoms with Gasteiger partial charge in [-0.3, -0.25) is 4.79 Å². The topological polar surface area (TPSA) is 91.8 Å². The highest BCUT2D eigenvalue weighted by atomic mass is 16.4. The van der Waals surface area contributed by atoms with Gasteiger partial charge in [0.25, 0.3) is 0 Å². The van der Waals surface area contributed by atoms with Crippen molar-refractivity contribution in [1.29, 1.82) is 0 Å². The lowest BCUT2D eigenvalue weighted by Crippen LogP contribution is -2.45. The van der Waals surface area contributed by atoms with Crippen molar-refractivity contribution >= 4 is 5.97 Å². The Kier molecular flexibility index (Phi) is 6.44. The minimum atomic E-state index is -0.795. The summed E-state index contributed by atoms with van der Waals surface area (Å²) in [4.78, 5) is 11.8. The normalized spacial score (nSPS) is 19.2. The number of aliphatic carboxylic acids is 1. The van der Waals surface area contributed by atoms with E-state index < -0.39 is 11.9 Å². The van der Waals surface area contributed by atoms with Crippen LogP contribution in [0.1, 0.15) is 61.4 Å². The van der Waals surface area contributed by atoms with Crippen molar-refractivity contribution in [3.63, 3.8) is 0 Å². The quantitative estimate of drug-likeness (QED) is 0.681. The number of likely N-dealkylation sites (tertiary alicyclic amines) is 1. The van der Waals surface area contributed by atoms with Crippen LogP contribution in [-0.2, 0) is 11.2 Å². The van der Waals surface area contributed by atoms with E-state index in [-0.39, 0.29) is 5.92 Å². The third-order valence-electron chi connectivity index (χ3n) is 6.17. The smallest absolute Gasteiger partial charge is 0.307 e. The fraction of sp³-hybridized carbons (Fsp3) is 0.619. The first-order valence-corrected chi connectivity index (χ1v) is 10.3. The first-order valence-electron chi connectivity index (χ1n) is 10.3. The van der Waals surface area contributed by atoms with E-state index in [1.54, 1.807) is 0 Å². The number of tetrazole rings is 1. The highest BCUT2D eigenvalue weighted by molar-refractivity contribution is 5.71. The number of nitrogens with zero attached hydrogens (tertiary/aromatic N) is 4. The third kappa shape index (κ3) is 4.95. The number of nitrogens with one attached hydrogen (secondary N) is 1. The van der Waals surface area contributed by atoms with Crippen molar-refractivity contribution in [2.45, 2.75) is 50.9 Å². The van der Waals surface area contributed by atoms with Gasteiger partial charge in [0.15, 0.2) is 5.82 Å². The molecule has 2 atom stereocenters. The van der Waals surface area contributed by atoms with Gasteiger partial charge >= 0.3 is 5.97 Å². The van der Waals surface area contributed by atoms with E-state index in [1.807, 2.05) is 6.92 Å². The number of rotatable bonds is 8.